The van der Waals surface area contributed by atoms with E-state index in [-0.39, 0.29) is 11.9 Å². The van der Waals surface area contributed by atoms with Gasteiger partial charge >= 0.3 is 5.97 Å². The third-order valence-corrected chi connectivity index (χ3v) is 2.21. The Morgan fingerprint density at radius 3 is 2.33 bits per heavy atom. The van der Waals surface area contributed by atoms with Crippen LogP contribution in [0.25, 0.3) is 0 Å². The second-order valence-electron chi connectivity index (χ2n) is 4.16. The fraction of sp³-hybridized carbons (Fsp3) is 0.462. The standard InChI is InChI=1S/C13H18O2/c1-10(2)9-15-13(14)11(3)12-7-5-4-6-8-12/h4-8,10-11H,9H2,1-3H3/t11-/m0/s1. The van der Waals surface area contributed by atoms with Gasteiger partial charge in [-0.15, -0.1) is 0 Å². The first-order chi connectivity index (χ1) is 7.11. The van der Waals surface area contributed by atoms with Crippen molar-refractivity contribution < 1.29 is 9.53 Å². The van der Waals surface area contributed by atoms with Gasteiger partial charge in [-0.2, -0.15) is 0 Å². The lowest BCUT2D eigenvalue weighted by molar-refractivity contribution is -0.146. The van der Waals surface area contributed by atoms with E-state index in [9.17, 15) is 4.79 Å². The summed E-state index contributed by atoms with van der Waals surface area (Å²) in [5, 5.41) is 0. The molecule has 0 saturated heterocycles. The summed E-state index contributed by atoms with van der Waals surface area (Å²) in [7, 11) is 0. The molecule has 1 rings (SSSR count). The molecule has 2 nitrogen and oxygen atoms in total. The molecule has 82 valence electrons. The van der Waals surface area contributed by atoms with Crippen molar-refractivity contribution >= 4 is 5.97 Å². The minimum atomic E-state index is -0.176. The summed E-state index contributed by atoms with van der Waals surface area (Å²) in [4.78, 5) is 11.6. The molecule has 0 aromatic heterocycles. The number of hydrogen-bond donors (Lipinski definition) is 0. The average Bonchev–Trinajstić information content (AvgIpc) is 2.26. The molecular weight excluding hydrogens is 188 g/mol. The van der Waals surface area contributed by atoms with E-state index >= 15 is 0 Å². The highest BCUT2D eigenvalue weighted by Crippen LogP contribution is 2.16. The van der Waals surface area contributed by atoms with E-state index in [1.807, 2.05) is 51.1 Å². The van der Waals surface area contributed by atoms with Crippen molar-refractivity contribution in [3.8, 4) is 0 Å². The van der Waals surface area contributed by atoms with Crippen molar-refractivity contribution in [2.75, 3.05) is 6.61 Å². The van der Waals surface area contributed by atoms with Gasteiger partial charge in [0.05, 0.1) is 12.5 Å². The zero-order valence-corrected chi connectivity index (χ0v) is 9.57. The molecule has 1 atom stereocenters. The van der Waals surface area contributed by atoms with E-state index in [0.29, 0.717) is 12.5 Å². The van der Waals surface area contributed by atoms with Crippen LogP contribution in [-0.4, -0.2) is 12.6 Å². The molecule has 0 amide bonds. The Labute approximate surface area is 91.3 Å². The molecule has 0 unspecified atom stereocenters. The minimum absolute atomic E-state index is 0.144. The lowest BCUT2D eigenvalue weighted by Crippen LogP contribution is -2.16. The molecule has 2 heteroatoms. The van der Waals surface area contributed by atoms with Gasteiger partial charge in [0.2, 0.25) is 0 Å². The van der Waals surface area contributed by atoms with Crippen LogP contribution >= 0.6 is 0 Å². The van der Waals surface area contributed by atoms with Gasteiger partial charge in [-0.05, 0) is 18.4 Å². The van der Waals surface area contributed by atoms with Crippen LogP contribution in [0, 0.1) is 5.92 Å². The molecule has 0 bridgehead atoms. The van der Waals surface area contributed by atoms with Crippen molar-refractivity contribution in [2.24, 2.45) is 5.92 Å². The van der Waals surface area contributed by atoms with Gasteiger partial charge in [0.1, 0.15) is 0 Å². The van der Waals surface area contributed by atoms with Crippen LogP contribution in [0.3, 0.4) is 0 Å². The molecule has 0 aliphatic rings. The van der Waals surface area contributed by atoms with Gasteiger partial charge in [-0.3, -0.25) is 4.79 Å². The van der Waals surface area contributed by atoms with Crippen LogP contribution in [0.1, 0.15) is 32.3 Å². The van der Waals surface area contributed by atoms with E-state index in [2.05, 4.69) is 0 Å². The fourth-order valence-corrected chi connectivity index (χ4v) is 1.25. The maximum Gasteiger partial charge on any atom is 0.313 e. The summed E-state index contributed by atoms with van der Waals surface area (Å²) in [6.07, 6.45) is 0. The summed E-state index contributed by atoms with van der Waals surface area (Å²) < 4.78 is 5.18. The predicted molar refractivity (Wildman–Crippen MR) is 60.7 cm³/mol. The number of carbonyl (C=O) groups is 1. The molecule has 0 radical (unpaired) electrons. The van der Waals surface area contributed by atoms with Crippen molar-refractivity contribution in [1.29, 1.82) is 0 Å². The Morgan fingerprint density at radius 2 is 1.80 bits per heavy atom. The van der Waals surface area contributed by atoms with Crippen molar-refractivity contribution in [3.63, 3.8) is 0 Å². The Balaban J connectivity index is 2.54. The zero-order valence-electron chi connectivity index (χ0n) is 9.57. The van der Waals surface area contributed by atoms with Gasteiger partial charge in [0.15, 0.2) is 0 Å². The highest BCUT2D eigenvalue weighted by molar-refractivity contribution is 5.77. The SMILES string of the molecule is CC(C)COC(=O)[C@@H](C)c1ccccc1. The van der Waals surface area contributed by atoms with Gasteiger partial charge in [-0.1, -0.05) is 44.2 Å². The summed E-state index contributed by atoms with van der Waals surface area (Å²) in [5.41, 5.74) is 1.01. The van der Waals surface area contributed by atoms with Crippen LogP contribution < -0.4 is 0 Å². The Morgan fingerprint density at radius 1 is 1.20 bits per heavy atom. The molecule has 0 heterocycles. The van der Waals surface area contributed by atoms with Crippen LogP contribution in [0.15, 0.2) is 30.3 Å². The zero-order chi connectivity index (χ0) is 11.3. The van der Waals surface area contributed by atoms with Gasteiger partial charge in [0, 0.05) is 0 Å². The van der Waals surface area contributed by atoms with E-state index in [1.54, 1.807) is 0 Å². The smallest absolute Gasteiger partial charge is 0.313 e. The maximum absolute atomic E-state index is 11.6. The van der Waals surface area contributed by atoms with Crippen LogP contribution in [0.4, 0.5) is 0 Å². The molecule has 0 saturated carbocycles. The molecule has 0 aliphatic carbocycles. The first-order valence-corrected chi connectivity index (χ1v) is 5.33. The maximum atomic E-state index is 11.6. The minimum Gasteiger partial charge on any atom is -0.465 e. The molecular formula is C13H18O2. The van der Waals surface area contributed by atoms with Crippen LogP contribution in [-0.2, 0) is 9.53 Å². The normalized spacial score (nSPS) is 12.5. The summed E-state index contributed by atoms with van der Waals surface area (Å²) in [6, 6.07) is 9.70. The third kappa shape index (κ3) is 3.74. The topological polar surface area (TPSA) is 26.3 Å². The van der Waals surface area contributed by atoms with Crippen LogP contribution in [0.2, 0.25) is 0 Å². The number of ether oxygens (including phenoxy) is 1. The fourth-order valence-electron chi connectivity index (χ4n) is 1.25. The Hall–Kier alpha value is -1.31. The molecule has 1 aromatic carbocycles. The van der Waals surface area contributed by atoms with E-state index in [1.165, 1.54) is 0 Å². The number of hydrogen-bond acceptors (Lipinski definition) is 2. The number of esters is 1. The summed E-state index contributed by atoms with van der Waals surface area (Å²) in [5.74, 6) is 0.0665. The average molecular weight is 206 g/mol. The highest BCUT2D eigenvalue weighted by Gasteiger charge is 2.16. The van der Waals surface area contributed by atoms with E-state index in [0.717, 1.165) is 5.56 Å². The molecule has 0 spiro atoms. The monoisotopic (exact) mass is 206 g/mol. The van der Waals surface area contributed by atoms with Crippen molar-refractivity contribution in [3.05, 3.63) is 35.9 Å². The molecule has 15 heavy (non-hydrogen) atoms. The second-order valence-corrected chi connectivity index (χ2v) is 4.16. The van der Waals surface area contributed by atoms with Crippen molar-refractivity contribution in [1.82, 2.24) is 0 Å². The van der Waals surface area contributed by atoms with Gasteiger partial charge in [-0.25, -0.2) is 0 Å². The molecule has 0 N–H and O–H groups in total. The molecule has 0 fully saturated rings. The van der Waals surface area contributed by atoms with Crippen LogP contribution in [0.5, 0.6) is 0 Å². The van der Waals surface area contributed by atoms with E-state index in [4.69, 9.17) is 4.74 Å². The van der Waals surface area contributed by atoms with Gasteiger partial charge < -0.3 is 4.74 Å². The summed E-state index contributed by atoms with van der Waals surface area (Å²) in [6.45, 7) is 6.43. The molecule has 1 aromatic rings. The molecule has 0 aliphatic heterocycles. The lowest BCUT2D eigenvalue weighted by atomic mass is 10.0. The van der Waals surface area contributed by atoms with Gasteiger partial charge in [0.25, 0.3) is 0 Å². The number of rotatable bonds is 4. The Bertz CT molecular complexity index is 304. The first-order valence-electron chi connectivity index (χ1n) is 5.33. The first kappa shape index (κ1) is 11.8. The highest BCUT2D eigenvalue weighted by atomic mass is 16.5. The van der Waals surface area contributed by atoms with Crippen molar-refractivity contribution in [2.45, 2.75) is 26.7 Å². The van der Waals surface area contributed by atoms with E-state index < -0.39 is 0 Å². The quantitative estimate of drug-likeness (QED) is 0.708. The third-order valence-electron chi connectivity index (χ3n) is 2.21. The number of carbonyl (C=O) groups excluding carboxylic acids is 1. The lowest BCUT2D eigenvalue weighted by Gasteiger charge is -2.12. The predicted octanol–water partition coefficient (Wildman–Crippen LogP) is 2.99. The number of benzene rings is 1. The largest absolute Gasteiger partial charge is 0.465 e. The summed E-state index contributed by atoms with van der Waals surface area (Å²) >= 11 is 0. The Kier molecular flexibility index (Phi) is 4.35. The second kappa shape index (κ2) is 5.54.